The van der Waals surface area contributed by atoms with Crippen molar-refractivity contribution in [3.8, 4) is 0 Å². The van der Waals surface area contributed by atoms with Crippen molar-refractivity contribution in [3.05, 3.63) is 83.2 Å². The van der Waals surface area contributed by atoms with Crippen LogP contribution in [0.2, 0.25) is 0 Å². The zero-order chi connectivity index (χ0) is 26.5. The number of amides is 1. The summed E-state index contributed by atoms with van der Waals surface area (Å²) in [5.74, 6) is -0.194. The lowest BCUT2D eigenvalue weighted by Crippen LogP contribution is -2.66. The molecule has 1 amide bonds. The van der Waals surface area contributed by atoms with Gasteiger partial charge in [-0.25, -0.2) is 0 Å². The third-order valence-electron chi connectivity index (χ3n) is 7.93. The second kappa shape index (κ2) is 9.31. The van der Waals surface area contributed by atoms with Crippen LogP contribution in [0.15, 0.2) is 60.9 Å². The average molecular weight is 523 g/mol. The van der Waals surface area contributed by atoms with E-state index in [0.717, 1.165) is 80.4 Å². The van der Waals surface area contributed by atoms with Gasteiger partial charge in [0.15, 0.2) is 0 Å². The Morgan fingerprint density at radius 2 is 1.82 bits per heavy atom. The van der Waals surface area contributed by atoms with Crippen molar-refractivity contribution < 1.29 is 22.7 Å². The van der Waals surface area contributed by atoms with E-state index in [9.17, 15) is 18.0 Å². The molecule has 0 bridgehead atoms. The SMILES string of the molecule is Cc1ccc(C(=O)Nc2cccc(C(F)(F)F)c2)cc1C1CCN(c2cncc(N3CC4(COC4)C3)c2)C1. The number of aromatic nitrogens is 1. The molecular formula is C29H29F3N4O2. The highest BCUT2D eigenvalue weighted by atomic mass is 19.4. The molecule has 3 aromatic rings. The first kappa shape index (κ1) is 24.7. The largest absolute Gasteiger partial charge is 0.416 e. The zero-order valence-corrected chi connectivity index (χ0v) is 21.1. The monoisotopic (exact) mass is 522 g/mol. The fourth-order valence-electron chi connectivity index (χ4n) is 5.73. The summed E-state index contributed by atoms with van der Waals surface area (Å²) in [4.78, 5) is 22.1. The molecule has 3 saturated heterocycles. The second-order valence-corrected chi connectivity index (χ2v) is 10.8. The molecule has 1 spiro atoms. The Bertz CT molecular complexity index is 1360. The van der Waals surface area contributed by atoms with Gasteiger partial charge in [0.05, 0.1) is 48.0 Å². The van der Waals surface area contributed by atoms with Crippen LogP contribution in [0.5, 0.6) is 0 Å². The van der Waals surface area contributed by atoms with Crippen LogP contribution in [0.25, 0.3) is 0 Å². The smallest absolute Gasteiger partial charge is 0.380 e. The number of anilines is 3. The molecule has 198 valence electrons. The van der Waals surface area contributed by atoms with Crippen molar-refractivity contribution in [3.63, 3.8) is 0 Å². The molecule has 3 aliphatic heterocycles. The third kappa shape index (κ3) is 4.71. The minimum atomic E-state index is -4.47. The highest BCUT2D eigenvalue weighted by Crippen LogP contribution is 2.41. The third-order valence-corrected chi connectivity index (χ3v) is 7.93. The van der Waals surface area contributed by atoms with Gasteiger partial charge in [-0.1, -0.05) is 12.1 Å². The molecule has 6 rings (SSSR count). The normalized spacial score (nSPS) is 20.3. The molecule has 9 heteroatoms. The molecule has 2 aromatic carbocycles. The number of benzene rings is 2. The van der Waals surface area contributed by atoms with Crippen LogP contribution in [-0.2, 0) is 10.9 Å². The van der Waals surface area contributed by atoms with E-state index >= 15 is 0 Å². The Morgan fingerprint density at radius 1 is 1.05 bits per heavy atom. The fraction of sp³-hybridized carbons (Fsp3) is 0.379. The number of nitrogens with zero attached hydrogens (tertiary/aromatic N) is 3. The number of rotatable bonds is 5. The molecule has 1 atom stereocenters. The van der Waals surface area contributed by atoms with E-state index in [1.165, 1.54) is 12.1 Å². The molecule has 3 fully saturated rings. The summed E-state index contributed by atoms with van der Waals surface area (Å²) in [6, 6.07) is 12.4. The Hall–Kier alpha value is -3.59. The van der Waals surface area contributed by atoms with Crippen LogP contribution < -0.4 is 15.1 Å². The number of ether oxygens (including phenoxy) is 1. The molecule has 6 nitrogen and oxygen atoms in total. The molecule has 0 aliphatic carbocycles. The number of nitrogens with one attached hydrogen (secondary N) is 1. The van der Waals surface area contributed by atoms with E-state index in [0.29, 0.717) is 11.0 Å². The number of pyridine rings is 1. The highest BCUT2D eigenvalue weighted by molar-refractivity contribution is 6.04. The molecule has 1 aromatic heterocycles. The molecule has 4 heterocycles. The summed E-state index contributed by atoms with van der Waals surface area (Å²) < 4.78 is 44.6. The zero-order valence-electron chi connectivity index (χ0n) is 21.1. The van der Waals surface area contributed by atoms with E-state index in [2.05, 4.69) is 26.2 Å². The van der Waals surface area contributed by atoms with Gasteiger partial charge in [0.1, 0.15) is 0 Å². The minimum Gasteiger partial charge on any atom is -0.380 e. The van der Waals surface area contributed by atoms with Crippen molar-refractivity contribution >= 4 is 23.0 Å². The summed E-state index contributed by atoms with van der Waals surface area (Å²) in [6.45, 7) is 7.43. The number of carbonyl (C=O) groups excluding carboxylic acids is 1. The lowest BCUT2D eigenvalue weighted by molar-refractivity contribution is -0.137. The van der Waals surface area contributed by atoms with Gasteiger partial charge in [0, 0.05) is 43.3 Å². The first-order valence-corrected chi connectivity index (χ1v) is 12.8. The molecule has 0 radical (unpaired) electrons. The number of alkyl halides is 3. The molecule has 1 N–H and O–H groups in total. The van der Waals surface area contributed by atoms with Gasteiger partial charge in [-0.15, -0.1) is 0 Å². The van der Waals surface area contributed by atoms with Crippen LogP contribution in [0.3, 0.4) is 0 Å². The predicted molar refractivity (Wildman–Crippen MR) is 140 cm³/mol. The summed E-state index contributed by atoms with van der Waals surface area (Å²) in [5.41, 5.74) is 4.48. The fourth-order valence-corrected chi connectivity index (χ4v) is 5.73. The number of carbonyl (C=O) groups is 1. The maximum atomic E-state index is 13.1. The van der Waals surface area contributed by atoms with Gasteiger partial charge in [0.2, 0.25) is 0 Å². The van der Waals surface area contributed by atoms with Crippen molar-refractivity contribution in [1.82, 2.24) is 4.98 Å². The minimum absolute atomic E-state index is 0.115. The van der Waals surface area contributed by atoms with Gasteiger partial charge in [-0.3, -0.25) is 9.78 Å². The van der Waals surface area contributed by atoms with Crippen LogP contribution in [-0.4, -0.2) is 50.3 Å². The van der Waals surface area contributed by atoms with E-state index < -0.39 is 17.6 Å². The molecule has 0 saturated carbocycles. The van der Waals surface area contributed by atoms with Crippen LogP contribution in [0.4, 0.5) is 30.2 Å². The number of aryl methyl sites for hydroxylation is 1. The summed E-state index contributed by atoms with van der Waals surface area (Å²) in [5, 5.41) is 2.61. The number of halogens is 3. The summed E-state index contributed by atoms with van der Waals surface area (Å²) in [7, 11) is 0. The highest BCUT2D eigenvalue weighted by Gasteiger charge is 2.49. The van der Waals surface area contributed by atoms with E-state index in [1.54, 1.807) is 6.07 Å². The Kier molecular flexibility index (Phi) is 6.06. The Morgan fingerprint density at radius 3 is 2.53 bits per heavy atom. The van der Waals surface area contributed by atoms with Crippen LogP contribution in [0.1, 0.15) is 39.4 Å². The maximum Gasteiger partial charge on any atom is 0.416 e. The molecule has 1 unspecified atom stereocenters. The van der Waals surface area contributed by atoms with Crippen LogP contribution in [0, 0.1) is 12.3 Å². The van der Waals surface area contributed by atoms with Gasteiger partial charge in [-0.05, 0) is 60.9 Å². The van der Waals surface area contributed by atoms with E-state index in [4.69, 9.17) is 4.74 Å². The molecule has 38 heavy (non-hydrogen) atoms. The average Bonchev–Trinajstić information content (AvgIpc) is 3.33. The first-order chi connectivity index (χ1) is 18.2. The van der Waals surface area contributed by atoms with E-state index in [1.807, 2.05) is 31.5 Å². The Balaban J connectivity index is 1.14. The van der Waals surface area contributed by atoms with Crippen molar-refractivity contribution in [1.29, 1.82) is 0 Å². The van der Waals surface area contributed by atoms with Crippen LogP contribution >= 0.6 is 0 Å². The van der Waals surface area contributed by atoms with Gasteiger partial charge >= 0.3 is 6.18 Å². The first-order valence-electron chi connectivity index (χ1n) is 12.8. The number of hydrogen-bond donors (Lipinski definition) is 1. The standard InChI is InChI=1S/C29H29F3N4O2/c1-19-5-6-20(27(37)34-23-4-2-3-22(10-23)29(30,31)32)9-26(19)21-7-8-35(14-21)24-11-25(13-33-12-24)36-15-28(16-36)17-38-18-28/h2-6,9-13,21H,7-8,14-18H2,1H3,(H,34,37). The van der Waals surface area contributed by atoms with Crippen molar-refractivity contribution in [2.45, 2.75) is 25.4 Å². The summed E-state index contributed by atoms with van der Waals surface area (Å²) >= 11 is 0. The summed E-state index contributed by atoms with van der Waals surface area (Å²) in [6.07, 6.45) is 0.289. The van der Waals surface area contributed by atoms with Gasteiger partial charge in [-0.2, -0.15) is 13.2 Å². The number of hydrogen-bond acceptors (Lipinski definition) is 5. The topological polar surface area (TPSA) is 57.7 Å². The quantitative estimate of drug-likeness (QED) is 0.480. The van der Waals surface area contributed by atoms with Gasteiger partial charge < -0.3 is 19.9 Å². The van der Waals surface area contributed by atoms with Crippen molar-refractivity contribution in [2.24, 2.45) is 5.41 Å². The lowest BCUT2D eigenvalue weighted by Gasteiger charge is -2.55. The molecule has 3 aliphatic rings. The van der Waals surface area contributed by atoms with Crippen molar-refractivity contribution in [2.75, 3.05) is 54.5 Å². The second-order valence-electron chi connectivity index (χ2n) is 10.8. The van der Waals surface area contributed by atoms with E-state index in [-0.39, 0.29) is 11.6 Å². The lowest BCUT2D eigenvalue weighted by atomic mass is 9.78. The predicted octanol–water partition coefficient (Wildman–Crippen LogP) is 5.49. The maximum absolute atomic E-state index is 13.1. The molecular weight excluding hydrogens is 493 g/mol. The van der Waals surface area contributed by atoms with Gasteiger partial charge in [0.25, 0.3) is 5.91 Å². The Labute approximate surface area is 219 Å².